The van der Waals surface area contributed by atoms with Crippen LogP contribution in [0, 0.1) is 0 Å². The van der Waals surface area contributed by atoms with Crippen molar-refractivity contribution in [2.45, 2.75) is 11.3 Å². The van der Waals surface area contributed by atoms with Crippen LogP contribution < -0.4 is 5.14 Å². The summed E-state index contributed by atoms with van der Waals surface area (Å²) in [6.45, 7) is 0. The van der Waals surface area contributed by atoms with Crippen molar-refractivity contribution >= 4 is 21.4 Å². The highest BCUT2D eigenvalue weighted by Gasteiger charge is 2.14. The Balaban J connectivity index is 1.57. The smallest absolute Gasteiger partial charge is 0.249 e. The number of benzene rings is 2. The van der Waals surface area contributed by atoms with Gasteiger partial charge in [0.1, 0.15) is 0 Å². The summed E-state index contributed by atoms with van der Waals surface area (Å²) < 4.78 is 29.2. The molecule has 2 N–H and O–H groups in total. The number of sulfonamides is 1. The number of nitrogens with two attached hydrogens (primary N) is 1. The Morgan fingerprint density at radius 1 is 0.926 bits per heavy atom. The van der Waals surface area contributed by atoms with Crippen LogP contribution >= 0.6 is 11.3 Å². The molecule has 8 heteroatoms. The molecule has 0 fully saturated rings. The molecule has 2 aromatic heterocycles. The van der Waals surface area contributed by atoms with Crippen molar-refractivity contribution in [1.29, 1.82) is 0 Å². The SMILES string of the molecule is NS(=O)(=O)c1ccccc1Cc1ccc(-c2nnc(-c3ccsc3)o2)cc1. The van der Waals surface area contributed by atoms with Gasteiger partial charge in [-0.05, 0) is 47.2 Å². The predicted octanol–water partition coefficient (Wildman–Crippen LogP) is 3.70. The van der Waals surface area contributed by atoms with Crippen molar-refractivity contribution in [3.8, 4) is 22.9 Å². The molecular weight excluding hydrogens is 382 g/mol. The van der Waals surface area contributed by atoms with Crippen LogP contribution in [-0.4, -0.2) is 18.6 Å². The van der Waals surface area contributed by atoms with Crippen LogP contribution in [0.5, 0.6) is 0 Å². The Morgan fingerprint density at radius 2 is 1.63 bits per heavy atom. The number of thiophene rings is 1. The fourth-order valence-electron chi connectivity index (χ4n) is 2.76. The van der Waals surface area contributed by atoms with E-state index in [0.717, 1.165) is 16.7 Å². The Labute approximate surface area is 160 Å². The first-order valence-electron chi connectivity index (χ1n) is 8.07. The molecule has 0 atom stereocenters. The van der Waals surface area contributed by atoms with Gasteiger partial charge in [-0.2, -0.15) is 11.3 Å². The van der Waals surface area contributed by atoms with Crippen LogP contribution in [0.25, 0.3) is 22.9 Å². The number of rotatable bonds is 5. The molecule has 0 amide bonds. The third-order valence-corrected chi connectivity index (χ3v) is 5.76. The maximum atomic E-state index is 11.7. The number of nitrogens with zero attached hydrogens (tertiary/aromatic N) is 2. The van der Waals surface area contributed by atoms with Gasteiger partial charge in [-0.25, -0.2) is 13.6 Å². The zero-order valence-corrected chi connectivity index (χ0v) is 15.7. The predicted molar refractivity (Wildman–Crippen MR) is 104 cm³/mol. The third kappa shape index (κ3) is 3.82. The second kappa shape index (κ2) is 7.07. The van der Waals surface area contributed by atoms with Gasteiger partial charge in [0, 0.05) is 16.5 Å². The summed E-state index contributed by atoms with van der Waals surface area (Å²) in [7, 11) is -3.76. The van der Waals surface area contributed by atoms with Crippen molar-refractivity contribution < 1.29 is 12.8 Å². The molecule has 6 nitrogen and oxygen atoms in total. The average Bonchev–Trinajstić information content (AvgIpc) is 3.34. The maximum Gasteiger partial charge on any atom is 0.249 e. The molecule has 2 heterocycles. The quantitative estimate of drug-likeness (QED) is 0.553. The second-order valence-corrected chi connectivity index (χ2v) is 8.26. The molecule has 0 aliphatic rings. The molecule has 0 saturated carbocycles. The minimum atomic E-state index is -3.76. The molecule has 2 aromatic carbocycles. The lowest BCUT2D eigenvalue weighted by Crippen LogP contribution is -2.14. The van der Waals surface area contributed by atoms with Gasteiger partial charge in [-0.15, -0.1) is 10.2 Å². The lowest BCUT2D eigenvalue weighted by atomic mass is 10.0. The molecule has 27 heavy (non-hydrogen) atoms. The summed E-state index contributed by atoms with van der Waals surface area (Å²) in [5.41, 5.74) is 3.31. The van der Waals surface area contributed by atoms with E-state index in [2.05, 4.69) is 10.2 Å². The van der Waals surface area contributed by atoms with Gasteiger partial charge in [-0.3, -0.25) is 0 Å². The van der Waals surface area contributed by atoms with E-state index < -0.39 is 10.0 Å². The molecular formula is C19H15N3O3S2. The maximum absolute atomic E-state index is 11.7. The van der Waals surface area contributed by atoms with E-state index in [-0.39, 0.29) is 4.90 Å². The van der Waals surface area contributed by atoms with Crippen LogP contribution in [0.2, 0.25) is 0 Å². The number of aromatic nitrogens is 2. The van der Waals surface area contributed by atoms with Crippen LogP contribution in [0.1, 0.15) is 11.1 Å². The van der Waals surface area contributed by atoms with E-state index in [1.807, 2.05) is 41.1 Å². The second-order valence-electron chi connectivity index (χ2n) is 5.95. The van der Waals surface area contributed by atoms with E-state index in [9.17, 15) is 8.42 Å². The minimum Gasteiger partial charge on any atom is -0.416 e. The zero-order chi connectivity index (χ0) is 18.9. The molecule has 0 saturated heterocycles. The van der Waals surface area contributed by atoms with Gasteiger partial charge in [0.05, 0.1) is 4.90 Å². The first kappa shape index (κ1) is 17.6. The standard InChI is InChI=1S/C19H15N3O3S2/c20-27(23,24)17-4-2-1-3-15(17)11-13-5-7-14(8-6-13)18-21-22-19(25-18)16-9-10-26-12-16/h1-10,12H,11H2,(H2,20,23,24). The summed E-state index contributed by atoms with van der Waals surface area (Å²) in [5, 5.41) is 17.4. The van der Waals surface area contributed by atoms with E-state index in [4.69, 9.17) is 9.56 Å². The molecule has 4 rings (SSSR count). The van der Waals surface area contributed by atoms with Crippen molar-refractivity contribution in [1.82, 2.24) is 10.2 Å². The normalized spacial score (nSPS) is 11.6. The largest absolute Gasteiger partial charge is 0.416 e. The monoisotopic (exact) mass is 397 g/mol. The molecule has 4 aromatic rings. The fraction of sp³-hybridized carbons (Fsp3) is 0.0526. The zero-order valence-electron chi connectivity index (χ0n) is 14.1. The Hall–Kier alpha value is -2.81. The molecule has 0 unspecified atom stereocenters. The summed E-state index contributed by atoms with van der Waals surface area (Å²) >= 11 is 1.57. The molecule has 0 spiro atoms. The summed E-state index contributed by atoms with van der Waals surface area (Å²) in [6, 6.07) is 16.2. The highest BCUT2D eigenvalue weighted by atomic mass is 32.2. The minimum absolute atomic E-state index is 0.145. The van der Waals surface area contributed by atoms with Gasteiger partial charge >= 0.3 is 0 Å². The first-order valence-corrected chi connectivity index (χ1v) is 10.6. The highest BCUT2D eigenvalue weighted by molar-refractivity contribution is 7.89. The Kier molecular flexibility index (Phi) is 4.61. The van der Waals surface area contributed by atoms with Crippen LogP contribution in [-0.2, 0) is 16.4 Å². The molecule has 0 bridgehead atoms. The third-order valence-electron chi connectivity index (χ3n) is 4.07. The van der Waals surface area contributed by atoms with Crippen LogP contribution in [0.4, 0.5) is 0 Å². The van der Waals surface area contributed by atoms with Crippen molar-refractivity contribution in [2.75, 3.05) is 0 Å². The Bertz CT molecular complexity index is 1170. The van der Waals surface area contributed by atoms with E-state index in [1.165, 1.54) is 6.07 Å². The van der Waals surface area contributed by atoms with E-state index >= 15 is 0 Å². The number of primary sulfonamides is 1. The lowest BCUT2D eigenvalue weighted by Gasteiger charge is -2.08. The summed E-state index contributed by atoms with van der Waals surface area (Å²) in [4.78, 5) is 0.145. The van der Waals surface area contributed by atoms with Crippen molar-refractivity contribution in [3.63, 3.8) is 0 Å². The van der Waals surface area contributed by atoms with Gasteiger partial charge in [-0.1, -0.05) is 30.3 Å². The average molecular weight is 397 g/mol. The Morgan fingerprint density at radius 3 is 2.30 bits per heavy atom. The first-order chi connectivity index (χ1) is 13.0. The fourth-order valence-corrected chi connectivity index (χ4v) is 4.16. The van der Waals surface area contributed by atoms with Crippen LogP contribution in [0.15, 0.2) is 74.7 Å². The van der Waals surface area contributed by atoms with Crippen molar-refractivity contribution in [3.05, 3.63) is 76.5 Å². The highest BCUT2D eigenvalue weighted by Crippen LogP contribution is 2.26. The van der Waals surface area contributed by atoms with Gasteiger partial charge < -0.3 is 4.42 Å². The summed E-state index contributed by atoms with van der Waals surface area (Å²) in [6.07, 6.45) is 0.455. The molecule has 0 radical (unpaired) electrons. The van der Waals surface area contributed by atoms with Crippen molar-refractivity contribution in [2.24, 2.45) is 5.14 Å². The topological polar surface area (TPSA) is 99.1 Å². The van der Waals surface area contributed by atoms with E-state index in [1.54, 1.807) is 29.5 Å². The van der Waals surface area contributed by atoms with Gasteiger partial charge in [0.25, 0.3) is 0 Å². The number of hydrogen-bond acceptors (Lipinski definition) is 6. The molecule has 0 aliphatic heterocycles. The van der Waals surface area contributed by atoms with Gasteiger partial charge in [0.15, 0.2) is 0 Å². The lowest BCUT2D eigenvalue weighted by molar-refractivity contribution is 0.585. The summed E-state index contributed by atoms with van der Waals surface area (Å²) in [5.74, 6) is 0.921. The number of hydrogen-bond donors (Lipinski definition) is 1. The molecule has 136 valence electrons. The van der Waals surface area contributed by atoms with Gasteiger partial charge in [0.2, 0.25) is 21.8 Å². The molecule has 0 aliphatic carbocycles. The van der Waals surface area contributed by atoms with E-state index in [0.29, 0.717) is 23.8 Å². The van der Waals surface area contributed by atoms with Crippen LogP contribution in [0.3, 0.4) is 0 Å².